The van der Waals surface area contributed by atoms with Crippen molar-refractivity contribution in [3.05, 3.63) is 35.6 Å². The lowest BCUT2D eigenvalue weighted by atomic mass is 9.97. The van der Waals surface area contributed by atoms with Crippen LogP contribution in [0.4, 0.5) is 4.39 Å². The fourth-order valence-electron chi connectivity index (χ4n) is 2.72. The monoisotopic (exact) mass is 357 g/mol. The Morgan fingerprint density at radius 3 is 2.42 bits per heavy atom. The zero-order valence-electron chi connectivity index (χ0n) is 13.7. The maximum Gasteiger partial charge on any atom is 0.251 e. The fraction of sp³-hybridized carbons (Fsp3) is 0.529. The first-order chi connectivity index (χ1) is 11.1. The molecule has 1 aliphatic heterocycles. The molecule has 0 unspecified atom stereocenters. The molecular formula is C17H25ClFN3O2. The van der Waals surface area contributed by atoms with Crippen molar-refractivity contribution in [1.29, 1.82) is 0 Å². The number of carbonyl (C=O) groups is 2. The molecule has 0 bridgehead atoms. The predicted molar refractivity (Wildman–Crippen MR) is 93.6 cm³/mol. The largest absolute Gasteiger partial charge is 0.352 e. The highest BCUT2D eigenvalue weighted by atomic mass is 35.5. The fourth-order valence-corrected chi connectivity index (χ4v) is 2.72. The Balaban J connectivity index is 0.00000288. The summed E-state index contributed by atoms with van der Waals surface area (Å²) in [6.07, 6.45) is 2.98. The van der Waals surface area contributed by atoms with Crippen molar-refractivity contribution in [2.45, 2.75) is 25.7 Å². The summed E-state index contributed by atoms with van der Waals surface area (Å²) in [6, 6.07) is 5.39. The highest BCUT2D eigenvalue weighted by Gasteiger charge is 2.21. The number of rotatable bonds is 6. The summed E-state index contributed by atoms with van der Waals surface area (Å²) >= 11 is 0. The Bertz CT molecular complexity index is 531. The van der Waals surface area contributed by atoms with E-state index >= 15 is 0 Å². The molecule has 2 amide bonds. The third-order valence-electron chi connectivity index (χ3n) is 4.26. The van der Waals surface area contributed by atoms with Gasteiger partial charge in [-0.15, -0.1) is 12.4 Å². The zero-order valence-corrected chi connectivity index (χ0v) is 14.5. The number of benzene rings is 1. The molecule has 134 valence electrons. The van der Waals surface area contributed by atoms with Gasteiger partial charge in [-0.25, -0.2) is 4.39 Å². The van der Waals surface area contributed by atoms with E-state index in [1.165, 1.54) is 24.3 Å². The van der Waals surface area contributed by atoms with E-state index in [4.69, 9.17) is 5.73 Å². The van der Waals surface area contributed by atoms with E-state index < -0.39 is 0 Å². The van der Waals surface area contributed by atoms with Crippen LogP contribution in [-0.2, 0) is 4.79 Å². The van der Waals surface area contributed by atoms with Crippen LogP contribution in [-0.4, -0.2) is 42.9 Å². The quantitative estimate of drug-likeness (QED) is 0.764. The van der Waals surface area contributed by atoms with Crippen molar-refractivity contribution in [2.75, 3.05) is 26.2 Å². The first-order valence-corrected chi connectivity index (χ1v) is 8.11. The molecular weight excluding hydrogens is 333 g/mol. The number of nitrogens with one attached hydrogen (secondary N) is 1. The summed E-state index contributed by atoms with van der Waals surface area (Å²) in [7, 11) is 0. The minimum absolute atomic E-state index is 0. The lowest BCUT2D eigenvalue weighted by Crippen LogP contribution is -2.40. The standard InChI is InChI=1S/C17H24FN3O2.ClH/c18-15-5-3-14(4-6-15)17(23)20-9-1-2-16(22)21-10-7-13(12-19)8-11-21;/h3-6,13H,1-2,7-12,19H2,(H,20,23);1H. The van der Waals surface area contributed by atoms with Gasteiger partial charge in [-0.05, 0) is 56.0 Å². The van der Waals surface area contributed by atoms with Crippen molar-refractivity contribution in [1.82, 2.24) is 10.2 Å². The Labute approximate surface area is 148 Å². The molecule has 2 rings (SSSR count). The number of amides is 2. The van der Waals surface area contributed by atoms with Crippen molar-refractivity contribution in [2.24, 2.45) is 11.7 Å². The van der Waals surface area contributed by atoms with E-state index in [9.17, 15) is 14.0 Å². The third kappa shape index (κ3) is 6.09. The van der Waals surface area contributed by atoms with Gasteiger partial charge in [0.1, 0.15) is 5.82 Å². The van der Waals surface area contributed by atoms with E-state index in [1.807, 2.05) is 4.90 Å². The summed E-state index contributed by atoms with van der Waals surface area (Å²) in [4.78, 5) is 25.8. The van der Waals surface area contributed by atoms with Gasteiger partial charge in [-0.3, -0.25) is 9.59 Å². The maximum atomic E-state index is 12.8. The Morgan fingerprint density at radius 2 is 1.83 bits per heavy atom. The summed E-state index contributed by atoms with van der Waals surface area (Å²) < 4.78 is 12.8. The number of halogens is 2. The van der Waals surface area contributed by atoms with Crippen LogP contribution in [0.25, 0.3) is 0 Å². The molecule has 3 N–H and O–H groups in total. The lowest BCUT2D eigenvalue weighted by molar-refractivity contribution is -0.132. The molecule has 1 saturated heterocycles. The zero-order chi connectivity index (χ0) is 16.7. The average Bonchev–Trinajstić information content (AvgIpc) is 2.59. The molecule has 0 atom stereocenters. The number of piperidine rings is 1. The van der Waals surface area contributed by atoms with Crippen LogP contribution >= 0.6 is 12.4 Å². The van der Waals surface area contributed by atoms with Gasteiger partial charge in [-0.2, -0.15) is 0 Å². The summed E-state index contributed by atoms with van der Waals surface area (Å²) in [5, 5.41) is 2.74. The van der Waals surface area contributed by atoms with Crippen LogP contribution in [0, 0.1) is 11.7 Å². The first kappa shape index (κ1) is 20.4. The second-order valence-corrected chi connectivity index (χ2v) is 5.93. The molecule has 1 aromatic carbocycles. The SMILES string of the molecule is Cl.NCC1CCN(C(=O)CCCNC(=O)c2ccc(F)cc2)CC1. The van der Waals surface area contributed by atoms with Crippen LogP contribution in [0.5, 0.6) is 0 Å². The van der Waals surface area contributed by atoms with Crippen LogP contribution in [0.15, 0.2) is 24.3 Å². The van der Waals surface area contributed by atoms with E-state index in [-0.39, 0.29) is 30.0 Å². The van der Waals surface area contributed by atoms with Gasteiger partial charge in [-0.1, -0.05) is 0 Å². The second-order valence-electron chi connectivity index (χ2n) is 5.93. The van der Waals surface area contributed by atoms with Gasteiger partial charge in [0.25, 0.3) is 5.91 Å². The molecule has 7 heteroatoms. The summed E-state index contributed by atoms with van der Waals surface area (Å²) in [5.41, 5.74) is 6.06. The van der Waals surface area contributed by atoms with Crippen LogP contribution in [0.1, 0.15) is 36.0 Å². The van der Waals surface area contributed by atoms with Gasteiger partial charge in [0, 0.05) is 31.6 Å². The molecule has 1 heterocycles. The van der Waals surface area contributed by atoms with E-state index in [2.05, 4.69) is 5.32 Å². The van der Waals surface area contributed by atoms with Crippen molar-refractivity contribution >= 4 is 24.2 Å². The van der Waals surface area contributed by atoms with Crippen molar-refractivity contribution < 1.29 is 14.0 Å². The molecule has 0 radical (unpaired) electrons. The number of nitrogens with two attached hydrogens (primary N) is 1. The first-order valence-electron chi connectivity index (χ1n) is 8.11. The Kier molecular flexibility index (Phi) is 8.71. The average molecular weight is 358 g/mol. The van der Waals surface area contributed by atoms with E-state index in [0.29, 0.717) is 37.4 Å². The molecule has 1 aromatic rings. The number of nitrogens with zero attached hydrogens (tertiary/aromatic N) is 1. The topological polar surface area (TPSA) is 75.4 Å². The molecule has 0 saturated carbocycles. The predicted octanol–water partition coefficient (Wildman–Crippen LogP) is 1.95. The normalized spacial score (nSPS) is 14.8. The van der Waals surface area contributed by atoms with Gasteiger partial charge in [0.2, 0.25) is 5.91 Å². The number of likely N-dealkylation sites (tertiary alicyclic amines) is 1. The molecule has 0 spiro atoms. The minimum atomic E-state index is -0.370. The molecule has 0 aliphatic carbocycles. The Morgan fingerprint density at radius 1 is 1.21 bits per heavy atom. The minimum Gasteiger partial charge on any atom is -0.352 e. The highest BCUT2D eigenvalue weighted by Crippen LogP contribution is 2.16. The van der Waals surface area contributed by atoms with E-state index in [1.54, 1.807) is 0 Å². The Hall–Kier alpha value is -1.66. The molecule has 24 heavy (non-hydrogen) atoms. The number of hydrogen-bond donors (Lipinski definition) is 2. The number of carbonyl (C=O) groups excluding carboxylic acids is 2. The van der Waals surface area contributed by atoms with Gasteiger partial charge >= 0.3 is 0 Å². The van der Waals surface area contributed by atoms with E-state index in [0.717, 1.165) is 25.9 Å². The van der Waals surface area contributed by atoms with Gasteiger partial charge < -0.3 is 16.0 Å². The second kappa shape index (κ2) is 10.3. The molecule has 1 aliphatic rings. The molecule has 1 fully saturated rings. The summed E-state index contributed by atoms with van der Waals surface area (Å²) in [6.45, 7) is 2.68. The van der Waals surface area contributed by atoms with Gasteiger partial charge in [0.15, 0.2) is 0 Å². The molecule has 5 nitrogen and oxygen atoms in total. The van der Waals surface area contributed by atoms with Crippen LogP contribution in [0.3, 0.4) is 0 Å². The lowest BCUT2D eigenvalue weighted by Gasteiger charge is -2.31. The summed E-state index contributed by atoms with van der Waals surface area (Å²) in [5.74, 6) is 0.0531. The smallest absolute Gasteiger partial charge is 0.251 e. The highest BCUT2D eigenvalue weighted by molar-refractivity contribution is 5.94. The molecule has 0 aromatic heterocycles. The van der Waals surface area contributed by atoms with Crippen molar-refractivity contribution in [3.63, 3.8) is 0 Å². The maximum absolute atomic E-state index is 12.8. The van der Waals surface area contributed by atoms with Gasteiger partial charge in [0.05, 0.1) is 0 Å². The number of hydrogen-bond acceptors (Lipinski definition) is 3. The van der Waals surface area contributed by atoms with Crippen LogP contribution < -0.4 is 11.1 Å². The van der Waals surface area contributed by atoms with Crippen molar-refractivity contribution in [3.8, 4) is 0 Å². The third-order valence-corrected chi connectivity index (χ3v) is 4.26. The van der Waals surface area contributed by atoms with Crippen LogP contribution in [0.2, 0.25) is 0 Å².